The summed E-state index contributed by atoms with van der Waals surface area (Å²) in [5, 5.41) is 8.99. The van der Waals surface area contributed by atoms with Gasteiger partial charge in [0.25, 0.3) is 0 Å². The van der Waals surface area contributed by atoms with Gasteiger partial charge in [0, 0.05) is 18.3 Å². The number of nitrogens with zero attached hydrogens (tertiary/aromatic N) is 1. The van der Waals surface area contributed by atoms with Crippen molar-refractivity contribution in [2.24, 2.45) is 0 Å². The van der Waals surface area contributed by atoms with E-state index in [9.17, 15) is 13.2 Å². The predicted octanol–water partition coefficient (Wildman–Crippen LogP) is 0.343. The van der Waals surface area contributed by atoms with Gasteiger partial charge in [0.1, 0.15) is 0 Å². The van der Waals surface area contributed by atoms with E-state index < -0.39 is 15.8 Å². The van der Waals surface area contributed by atoms with Crippen molar-refractivity contribution in [2.45, 2.75) is 19.0 Å². The van der Waals surface area contributed by atoms with Gasteiger partial charge in [0.15, 0.2) is 9.84 Å². The number of carboxylic acids is 1. The van der Waals surface area contributed by atoms with Gasteiger partial charge >= 0.3 is 5.97 Å². The Balaban J connectivity index is 2.11. The van der Waals surface area contributed by atoms with Crippen molar-refractivity contribution >= 4 is 21.5 Å². The van der Waals surface area contributed by atoms with Gasteiger partial charge in [-0.05, 0) is 24.1 Å². The Labute approximate surface area is 118 Å². The van der Waals surface area contributed by atoms with Crippen LogP contribution in [0.2, 0.25) is 0 Å². The number of benzene rings is 1. The number of nitrogens with two attached hydrogens (primary N) is 1. The molecule has 1 saturated heterocycles. The largest absolute Gasteiger partial charge is 0.480 e. The van der Waals surface area contributed by atoms with E-state index in [-0.39, 0.29) is 24.1 Å². The molecule has 1 atom stereocenters. The first kappa shape index (κ1) is 14.8. The standard InChI is InChI=1S/C13H18N2O4S/c14-11-3-1-10(2-4-11)7-15(8-13(16)17)12-5-6-20(18,19)9-12/h1-4,12H,5-9,14H2,(H,16,17)/t12-/m1/s1. The van der Waals surface area contributed by atoms with E-state index >= 15 is 0 Å². The van der Waals surface area contributed by atoms with Gasteiger partial charge in [0.2, 0.25) is 0 Å². The van der Waals surface area contributed by atoms with E-state index in [1.165, 1.54) is 0 Å². The van der Waals surface area contributed by atoms with Crippen molar-refractivity contribution in [3.8, 4) is 0 Å². The molecule has 6 nitrogen and oxygen atoms in total. The van der Waals surface area contributed by atoms with Crippen molar-refractivity contribution in [1.82, 2.24) is 4.90 Å². The maximum atomic E-state index is 11.5. The van der Waals surface area contributed by atoms with Crippen molar-refractivity contribution < 1.29 is 18.3 Å². The van der Waals surface area contributed by atoms with Crippen LogP contribution in [0.15, 0.2) is 24.3 Å². The molecule has 2 rings (SSSR count). The molecular formula is C13H18N2O4S. The van der Waals surface area contributed by atoms with E-state index in [1.807, 2.05) is 12.1 Å². The summed E-state index contributed by atoms with van der Waals surface area (Å²) < 4.78 is 23.1. The molecule has 20 heavy (non-hydrogen) atoms. The van der Waals surface area contributed by atoms with Gasteiger partial charge < -0.3 is 10.8 Å². The van der Waals surface area contributed by atoms with Crippen LogP contribution in [-0.2, 0) is 21.2 Å². The molecule has 1 aliphatic rings. The Bertz CT molecular complexity index is 583. The van der Waals surface area contributed by atoms with Crippen molar-refractivity contribution in [2.75, 3.05) is 23.8 Å². The van der Waals surface area contributed by atoms with Gasteiger partial charge in [0.05, 0.1) is 18.1 Å². The second-order valence-corrected chi connectivity index (χ2v) is 7.33. The summed E-state index contributed by atoms with van der Waals surface area (Å²) in [6, 6.07) is 6.93. The number of carboxylic acid groups (broad SMARTS) is 1. The maximum absolute atomic E-state index is 11.5. The molecule has 0 aromatic heterocycles. The third-order valence-corrected chi connectivity index (χ3v) is 5.18. The van der Waals surface area contributed by atoms with Gasteiger partial charge in [-0.1, -0.05) is 12.1 Å². The zero-order valence-corrected chi connectivity index (χ0v) is 11.8. The smallest absolute Gasteiger partial charge is 0.317 e. The Morgan fingerprint density at radius 2 is 2.00 bits per heavy atom. The van der Waals surface area contributed by atoms with Crippen molar-refractivity contribution in [3.05, 3.63) is 29.8 Å². The number of rotatable bonds is 5. The van der Waals surface area contributed by atoms with Gasteiger partial charge in [-0.3, -0.25) is 9.69 Å². The molecule has 1 aromatic rings. The van der Waals surface area contributed by atoms with Crippen LogP contribution in [-0.4, -0.2) is 48.5 Å². The Morgan fingerprint density at radius 3 is 2.50 bits per heavy atom. The highest BCUT2D eigenvalue weighted by Crippen LogP contribution is 2.20. The van der Waals surface area contributed by atoms with Gasteiger partial charge in [-0.15, -0.1) is 0 Å². The minimum atomic E-state index is -3.03. The van der Waals surface area contributed by atoms with Gasteiger partial charge in [-0.25, -0.2) is 8.42 Å². The molecular weight excluding hydrogens is 280 g/mol. The zero-order chi connectivity index (χ0) is 14.8. The molecule has 0 bridgehead atoms. The molecule has 110 valence electrons. The van der Waals surface area contributed by atoms with Crippen LogP contribution < -0.4 is 5.73 Å². The Hall–Kier alpha value is -1.60. The summed E-state index contributed by atoms with van der Waals surface area (Å²) in [7, 11) is -3.03. The molecule has 1 aromatic carbocycles. The molecule has 1 aliphatic heterocycles. The predicted molar refractivity (Wildman–Crippen MR) is 76.0 cm³/mol. The average molecular weight is 298 g/mol. The lowest BCUT2D eigenvalue weighted by atomic mass is 10.1. The third-order valence-electron chi connectivity index (χ3n) is 3.43. The summed E-state index contributed by atoms with van der Waals surface area (Å²) >= 11 is 0. The minimum absolute atomic E-state index is 0.0370. The lowest BCUT2D eigenvalue weighted by Gasteiger charge is -2.26. The van der Waals surface area contributed by atoms with Crippen LogP contribution in [0, 0.1) is 0 Å². The minimum Gasteiger partial charge on any atom is -0.480 e. The summed E-state index contributed by atoms with van der Waals surface area (Å²) in [6.45, 7) is 0.247. The summed E-state index contributed by atoms with van der Waals surface area (Å²) in [6.07, 6.45) is 0.491. The first-order valence-corrected chi connectivity index (χ1v) is 8.18. The molecule has 0 saturated carbocycles. The molecule has 0 amide bonds. The fourth-order valence-electron chi connectivity index (χ4n) is 2.41. The highest BCUT2D eigenvalue weighted by atomic mass is 32.2. The van der Waals surface area contributed by atoms with E-state index in [2.05, 4.69) is 0 Å². The second-order valence-electron chi connectivity index (χ2n) is 5.10. The van der Waals surface area contributed by atoms with Crippen molar-refractivity contribution in [1.29, 1.82) is 0 Å². The van der Waals surface area contributed by atoms with E-state index in [1.54, 1.807) is 17.0 Å². The number of hydrogen-bond donors (Lipinski definition) is 2. The highest BCUT2D eigenvalue weighted by molar-refractivity contribution is 7.91. The quantitative estimate of drug-likeness (QED) is 0.760. The summed E-state index contributed by atoms with van der Waals surface area (Å²) in [5.74, 6) is -0.783. The van der Waals surface area contributed by atoms with Crippen LogP contribution in [0.1, 0.15) is 12.0 Å². The average Bonchev–Trinajstić information content (AvgIpc) is 2.71. The van der Waals surface area contributed by atoms with Crippen LogP contribution in [0.25, 0.3) is 0 Å². The lowest BCUT2D eigenvalue weighted by Crippen LogP contribution is -2.39. The molecule has 1 fully saturated rings. The highest BCUT2D eigenvalue weighted by Gasteiger charge is 2.33. The first-order chi connectivity index (χ1) is 9.35. The molecule has 3 N–H and O–H groups in total. The monoisotopic (exact) mass is 298 g/mol. The third kappa shape index (κ3) is 3.94. The fourth-order valence-corrected chi connectivity index (χ4v) is 4.17. The Morgan fingerprint density at radius 1 is 1.35 bits per heavy atom. The normalized spacial score (nSPS) is 21.1. The van der Waals surface area contributed by atoms with Crippen LogP contribution >= 0.6 is 0 Å². The number of anilines is 1. The molecule has 0 spiro atoms. The van der Waals surface area contributed by atoms with Crippen LogP contribution in [0.4, 0.5) is 5.69 Å². The topological polar surface area (TPSA) is 101 Å². The number of aliphatic carboxylic acids is 1. The van der Waals surface area contributed by atoms with Crippen LogP contribution in [0.3, 0.4) is 0 Å². The van der Waals surface area contributed by atoms with E-state index in [0.29, 0.717) is 18.7 Å². The molecule has 1 heterocycles. The fraction of sp³-hybridized carbons (Fsp3) is 0.462. The number of hydrogen-bond acceptors (Lipinski definition) is 5. The SMILES string of the molecule is Nc1ccc(CN(CC(=O)O)[C@@H]2CCS(=O)(=O)C2)cc1. The van der Waals surface area contributed by atoms with E-state index in [0.717, 1.165) is 5.56 Å². The zero-order valence-electron chi connectivity index (χ0n) is 11.0. The van der Waals surface area contributed by atoms with Crippen molar-refractivity contribution in [3.63, 3.8) is 0 Å². The van der Waals surface area contributed by atoms with Crippen LogP contribution in [0.5, 0.6) is 0 Å². The lowest BCUT2D eigenvalue weighted by molar-refractivity contribution is -0.139. The molecule has 0 radical (unpaired) electrons. The number of carbonyl (C=O) groups is 1. The molecule has 7 heteroatoms. The summed E-state index contributed by atoms with van der Waals surface area (Å²) in [5.41, 5.74) is 7.17. The maximum Gasteiger partial charge on any atom is 0.317 e. The number of sulfone groups is 1. The first-order valence-electron chi connectivity index (χ1n) is 6.36. The molecule has 0 aliphatic carbocycles. The Kier molecular flexibility index (Phi) is 4.29. The number of nitrogen functional groups attached to an aromatic ring is 1. The summed E-state index contributed by atoms with van der Waals surface area (Å²) in [4.78, 5) is 12.7. The van der Waals surface area contributed by atoms with E-state index in [4.69, 9.17) is 10.8 Å². The van der Waals surface area contributed by atoms with Gasteiger partial charge in [-0.2, -0.15) is 0 Å². The molecule has 0 unspecified atom stereocenters. The second kappa shape index (κ2) is 5.80.